The van der Waals surface area contributed by atoms with Crippen LogP contribution in [0.4, 0.5) is 0 Å². The number of hydrogen-bond acceptors (Lipinski definition) is 4. The van der Waals surface area contributed by atoms with Crippen molar-refractivity contribution in [2.45, 2.75) is 6.54 Å². The molecule has 2 rings (SSSR count). The fraction of sp³-hybridized carbons (Fsp3) is 0.333. The molecule has 2 aromatic rings. The number of thiophene rings is 1. The molecule has 0 aromatic carbocycles. The second-order valence-corrected chi connectivity index (χ2v) is 4.35. The van der Waals surface area contributed by atoms with Crippen LogP contribution in [-0.4, -0.2) is 23.3 Å². The fourth-order valence-electron chi connectivity index (χ4n) is 1.36. The van der Waals surface area contributed by atoms with Crippen LogP contribution in [0, 0.1) is 4.77 Å². The first-order valence-electron chi connectivity index (χ1n) is 4.43. The van der Waals surface area contributed by atoms with Gasteiger partial charge in [0.2, 0.25) is 0 Å². The number of nitrogens with one attached hydrogen (secondary N) is 1. The maximum absolute atomic E-state index is 11.9. The lowest BCUT2D eigenvalue weighted by Gasteiger charge is -2.04. The number of rotatable bonds is 3. The van der Waals surface area contributed by atoms with Crippen LogP contribution in [0.15, 0.2) is 16.2 Å². The van der Waals surface area contributed by atoms with Crippen LogP contribution in [0.1, 0.15) is 0 Å². The molecule has 0 bridgehead atoms. The Morgan fingerprint density at radius 3 is 3.20 bits per heavy atom. The molecule has 0 saturated carbocycles. The molecular weight excluding hydrogens is 232 g/mol. The third-order valence-electron chi connectivity index (χ3n) is 2.11. The van der Waals surface area contributed by atoms with Crippen molar-refractivity contribution in [3.05, 3.63) is 26.6 Å². The van der Waals surface area contributed by atoms with E-state index in [1.165, 1.54) is 15.9 Å². The van der Waals surface area contributed by atoms with Gasteiger partial charge in [0.05, 0.1) is 18.7 Å². The third kappa shape index (κ3) is 1.88. The standard InChI is InChI=1S/C9H10N2O2S2/c1-13-4-3-11-8(12)7-6(2-5-15-7)10-9(11)14/h2,5H,3-4H2,1H3,(H,10,14). The molecule has 2 aromatic heterocycles. The van der Waals surface area contributed by atoms with Gasteiger partial charge in [0, 0.05) is 7.11 Å². The lowest BCUT2D eigenvalue weighted by atomic mass is 10.4. The number of nitrogens with zero attached hydrogens (tertiary/aromatic N) is 1. The highest BCUT2D eigenvalue weighted by Crippen LogP contribution is 2.13. The van der Waals surface area contributed by atoms with Crippen LogP contribution >= 0.6 is 23.6 Å². The molecule has 0 unspecified atom stereocenters. The summed E-state index contributed by atoms with van der Waals surface area (Å²) in [5.74, 6) is 0. The molecule has 4 nitrogen and oxygen atoms in total. The third-order valence-corrected chi connectivity index (χ3v) is 3.34. The van der Waals surface area contributed by atoms with Crippen molar-refractivity contribution >= 4 is 33.8 Å². The van der Waals surface area contributed by atoms with E-state index in [1.807, 2.05) is 11.4 Å². The molecule has 6 heteroatoms. The van der Waals surface area contributed by atoms with E-state index in [4.69, 9.17) is 17.0 Å². The number of H-pyrrole nitrogens is 1. The first-order chi connectivity index (χ1) is 7.24. The SMILES string of the molecule is COCCn1c(=S)[nH]c2ccsc2c1=O. The van der Waals surface area contributed by atoms with Crippen molar-refractivity contribution < 1.29 is 4.74 Å². The van der Waals surface area contributed by atoms with E-state index in [0.29, 0.717) is 22.6 Å². The van der Waals surface area contributed by atoms with Crippen molar-refractivity contribution in [1.29, 1.82) is 0 Å². The average molecular weight is 242 g/mol. The van der Waals surface area contributed by atoms with Crippen LogP contribution in [0.25, 0.3) is 10.2 Å². The molecule has 0 aliphatic carbocycles. The Bertz CT molecular complexity index is 582. The summed E-state index contributed by atoms with van der Waals surface area (Å²) in [5.41, 5.74) is 0.768. The highest BCUT2D eigenvalue weighted by atomic mass is 32.1. The van der Waals surface area contributed by atoms with Crippen LogP contribution in [0.2, 0.25) is 0 Å². The summed E-state index contributed by atoms with van der Waals surface area (Å²) in [4.78, 5) is 15.0. The minimum Gasteiger partial charge on any atom is -0.383 e. The lowest BCUT2D eigenvalue weighted by Crippen LogP contribution is -2.23. The zero-order valence-corrected chi connectivity index (χ0v) is 9.78. The van der Waals surface area contributed by atoms with E-state index in [2.05, 4.69) is 4.98 Å². The largest absolute Gasteiger partial charge is 0.383 e. The number of aromatic nitrogens is 2. The van der Waals surface area contributed by atoms with Gasteiger partial charge in [-0.25, -0.2) is 0 Å². The smallest absolute Gasteiger partial charge is 0.272 e. The number of fused-ring (bicyclic) bond motifs is 1. The summed E-state index contributed by atoms with van der Waals surface area (Å²) in [5, 5.41) is 1.87. The Hall–Kier alpha value is -0.980. The molecule has 2 heterocycles. The highest BCUT2D eigenvalue weighted by Gasteiger charge is 2.05. The van der Waals surface area contributed by atoms with E-state index in [9.17, 15) is 4.79 Å². The minimum absolute atomic E-state index is 0.0409. The minimum atomic E-state index is -0.0409. The molecule has 0 aliphatic rings. The Balaban J connectivity index is 2.62. The van der Waals surface area contributed by atoms with E-state index < -0.39 is 0 Å². The predicted molar refractivity (Wildman–Crippen MR) is 63.1 cm³/mol. The normalized spacial score (nSPS) is 11.0. The van der Waals surface area contributed by atoms with Gasteiger partial charge in [0.25, 0.3) is 5.56 Å². The lowest BCUT2D eigenvalue weighted by molar-refractivity contribution is 0.185. The van der Waals surface area contributed by atoms with Crippen LogP contribution < -0.4 is 5.56 Å². The monoisotopic (exact) mass is 242 g/mol. The molecule has 0 aliphatic heterocycles. The Morgan fingerprint density at radius 2 is 2.47 bits per heavy atom. The molecule has 80 valence electrons. The Labute approximate surface area is 95.1 Å². The van der Waals surface area contributed by atoms with Gasteiger partial charge in [-0.3, -0.25) is 9.36 Å². The predicted octanol–water partition coefficient (Wildman–Crippen LogP) is 1.77. The second kappa shape index (κ2) is 4.26. The van der Waals surface area contributed by atoms with Crippen molar-refractivity contribution in [3.63, 3.8) is 0 Å². The first-order valence-corrected chi connectivity index (χ1v) is 5.72. The zero-order valence-electron chi connectivity index (χ0n) is 8.15. The van der Waals surface area contributed by atoms with Gasteiger partial charge in [0.15, 0.2) is 4.77 Å². The van der Waals surface area contributed by atoms with Crippen molar-refractivity contribution in [2.24, 2.45) is 0 Å². The molecular formula is C9H10N2O2S2. The maximum Gasteiger partial charge on any atom is 0.272 e. The van der Waals surface area contributed by atoms with Crippen LogP contribution in [0.3, 0.4) is 0 Å². The Kier molecular flexibility index (Phi) is 2.99. The molecule has 15 heavy (non-hydrogen) atoms. The topological polar surface area (TPSA) is 47.0 Å². The van der Waals surface area contributed by atoms with E-state index in [0.717, 1.165) is 5.52 Å². The van der Waals surface area contributed by atoms with Crippen molar-refractivity contribution in [1.82, 2.24) is 9.55 Å². The van der Waals surface area contributed by atoms with Crippen molar-refractivity contribution in [3.8, 4) is 0 Å². The Morgan fingerprint density at radius 1 is 1.67 bits per heavy atom. The number of methoxy groups -OCH3 is 1. The van der Waals surface area contributed by atoms with Gasteiger partial charge in [-0.15, -0.1) is 11.3 Å². The molecule has 0 amide bonds. The second-order valence-electron chi connectivity index (χ2n) is 3.04. The van der Waals surface area contributed by atoms with Crippen LogP contribution in [0.5, 0.6) is 0 Å². The van der Waals surface area contributed by atoms with Gasteiger partial charge in [-0.1, -0.05) is 0 Å². The summed E-state index contributed by atoms with van der Waals surface area (Å²) in [6.45, 7) is 0.965. The molecule has 0 saturated heterocycles. The maximum atomic E-state index is 11.9. The molecule has 0 radical (unpaired) electrons. The summed E-state index contributed by atoms with van der Waals surface area (Å²) in [6.07, 6.45) is 0. The molecule has 0 fully saturated rings. The number of ether oxygens (including phenoxy) is 1. The highest BCUT2D eigenvalue weighted by molar-refractivity contribution is 7.71. The van der Waals surface area contributed by atoms with E-state index >= 15 is 0 Å². The van der Waals surface area contributed by atoms with E-state index in [1.54, 1.807) is 7.11 Å². The molecule has 0 atom stereocenters. The first kappa shape index (κ1) is 10.5. The average Bonchev–Trinajstić information content (AvgIpc) is 2.65. The molecule has 0 spiro atoms. The number of hydrogen-bond donors (Lipinski definition) is 1. The van der Waals surface area contributed by atoms with Crippen LogP contribution in [-0.2, 0) is 11.3 Å². The van der Waals surface area contributed by atoms with Gasteiger partial charge in [0.1, 0.15) is 4.70 Å². The van der Waals surface area contributed by atoms with Gasteiger partial charge in [-0.05, 0) is 23.7 Å². The van der Waals surface area contributed by atoms with Gasteiger partial charge in [-0.2, -0.15) is 0 Å². The zero-order chi connectivity index (χ0) is 10.8. The summed E-state index contributed by atoms with van der Waals surface area (Å²) >= 11 is 6.52. The van der Waals surface area contributed by atoms with Crippen molar-refractivity contribution in [2.75, 3.05) is 13.7 Å². The quantitative estimate of drug-likeness (QED) is 0.834. The summed E-state index contributed by atoms with van der Waals surface area (Å²) in [7, 11) is 1.60. The molecule has 1 N–H and O–H groups in total. The summed E-state index contributed by atoms with van der Waals surface area (Å²) in [6, 6.07) is 1.86. The van der Waals surface area contributed by atoms with Gasteiger partial charge >= 0.3 is 0 Å². The fourth-order valence-corrected chi connectivity index (χ4v) is 2.44. The number of aromatic amines is 1. The van der Waals surface area contributed by atoms with Gasteiger partial charge < -0.3 is 9.72 Å². The summed E-state index contributed by atoms with van der Waals surface area (Å²) < 4.78 is 7.61. The van der Waals surface area contributed by atoms with E-state index in [-0.39, 0.29) is 5.56 Å².